The number of carbonyl (C=O) groups is 2. The summed E-state index contributed by atoms with van der Waals surface area (Å²) in [5.74, 6) is -1.53. The molecule has 4 N–H and O–H groups in total. The predicted octanol–water partition coefficient (Wildman–Crippen LogP) is 2.03. The van der Waals surface area contributed by atoms with Gasteiger partial charge in [0, 0.05) is 10.2 Å². The van der Waals surface area contributed by atoms with E-state index in [0.717, 1.165) is 12.1 Å². The van der Waals surface area contributed by atoms with Crippen LogP contribution >= 0.6 is 15.9 Å². The first-order chi connectivity index (χ1) is 9.59. The topological polar surface area (TPSA) is 98.7 Å². The number of aliphatic hydroxyl groups is 1. The number of aliphatic carboxylic acids is 1. The lowest BCUT2D eigenvalue weighted by molar-refractivity contribution is -0.146. The highest BCUT2D eigenvalue weighted by Crippen LogP contribution is 2.33. The Bertz CT molecular complexity index is 551. The Hall–Kier alpha value is -1.81. The van der Waals surface area contributed by atoms with Gasteiger partial charge in [-0.15, -0.1) is 0 Å². The van der Waals surface area contributed by atoms with Crippen molar-refractivity contribution in [2.45, 2.75) is 12.3 Å². The maximum atomic E-state index is 12.6. The summed E-state index contributed by atoms with van der Waals surface area (Å²) in [5.41, 5.74) is -1.10. The third kappa shape index (κ3) is 5.60. The van der Waals surface area contributed by atoms with Crippen LogP contribution in [0, 0.1) is 0 Å². The van der Waals surface area contributed by atoms with Gasteiger partial charge in [-0.2, -0.15) is 13.2 Å². The zero-order valence-electron chi connectivity index (χ0n) is 10.2. The number of rotatable bonds is 4. The monoisotopic (exact) mass is 370 g/mol. The van der Waals surface area contributed by atoms with Crippen molar-refractivity contribution < 1.29 is 33.0 Å². The van der Waals surface area contributed by atoms with Gasteiger partial charge in [0.25, 0.3) is 0 Å². The van der Waals surface area contributed by atoms with Crippen LogP contribution in [0.4, 0.5) is 23.7 Å². The summed E-state index contributed by atoms with van der Waals surface area (Å²) in [5, 5.41) is 21.4. The Balaban J connectivity index is 2.72. The number of urea groups is 1. The van der Waals surface area contributed by atoms with E-state index in [1.54, 1.807) is 0 Å². The SMILES string of the molecule is O=C(NCC(O)C(=O)O)Nc1cc(Br)cc(C(F)(F)F)c1. The fourth-order valence-corrected chi connectivity index (χ4v) is 1.77. The van der Waals surface area contributed by atoms with E-state index in [1.165, 1.54) is 6.07 Å². The maximum absolute atomic E-state index is 12.6. The van der Waals surface area contributed by atoms with Crippen molar-refractivity contribution in [2.75, 3.05) is 11.9 Å². The van der Waals surface area contributed by atoms with Gasteiger partial charge in [-0.25, -0.2) is 9.59 Å². The molecular weight excluding hydrogens is 361 g/mol. The number of nitrogens with one attached hydrogen (secondary N) is 2. The summed E-state index contributed by atoms with van der Waals surface area (Å²) >= 11 is 2.89. The molecule has 21 heavy (non-hydrogen) atoms. The van der Waals surface area contributed by atoms with Crippen LogP contribution in [0.15, 0.2) is 22.7 Å². The van der Waals surface area contributed by atoms with Gasteiger partial charge in [0.1, 0.15) is 0 Å². The number of hydrogen-bond acceptors (Lipinski definition) is 3. The number of aliphatic hydroxyl groups excluding tert-OH is 1. The molecule has 0 aliphatic heterocycles. The number of carboxylic acid groups (broad SMARTS) is 1. The second kappa shape index (κ2) is 6.76. The van der Waals surface area contributed by atoms with Crippen LogP contribution in [0.3, 0.4) is 0 Å². The van der Waals surface area contributed by atoms with E-state index in [-0.39, 0.29) is 10.2 Å². The molecule has 6 nitrogen and oxygen atoms in total. The zero-order valence-corrected chi connectivity index (χ0v) is 11.8. The van der Waals surface area contributed by atoms with Crippen LogP contribution in [0.5, 0.6) is 0 Å². The molecule has 0 heterocycles. The highest BCUT2D eigenvalue weighted by atomic mass is 79.9. The van der Waals surface area contributed by atoms with E-state index in [1.807, 2.05) is 5.32 Å². The number of alkyl halides is 3. The number of hydrogen-bond donors (Lipinski definition) is 4. The Labute approximate surface area is 125 Å². The van der Waals surface area contributed by atoms with Gasteiger partial charge in [0.05, 0.1) is 12.1 Å². The normalized spacial score (nSPS) is 12.6. The minimum atomic E-state index is -4.57. The standard InChI is InChI=1S/C11H10BrF3N2O4/c12-6-1-5(11(13,14)15)2-7(3-6)17-10(21)16-4-8(18)9(19)20/h1-3,8,18H,4H2,(H,19,20)(H2,16,17,21). The number of carbonyl (C=O) groups excluding carboxylic acids is 1. The molecule has 0 aliphatic carbocycles. The van der Waals surface area contributed by atoms with Crippen LogP contribution in [-0.4, -0.2) is 34.9 Å². The smallest absolute Gasteiger partial charge is 0.416 e. The van der Waals surface area contributed by atoms with Gasteiger partial charge in [-0.1, -0.05) is 15.9 Å². The molecule has 0 fully saturated rings. The van der Waals surface area contributed by atoms with Gasteiger partial charge in [0.2, 0.25) is 0 Å². The van der Waals surface area contributed by atoms with Crippen molar-refractivity contribution in [1.29, 1.82) is 0 Å². The van der Waals surface area contributed by atoms with E-state index in [2.05, 4.69) is 21.2 Å². The second-order valence-electron chi connectivity index (χ2n) is 3.92. The summed E-state index contributed by atoms with van der Waals surface area (Å²) in [6.45, 7) is -0.582. The second-order valence-corrected chi connectivity index (χ2v) is 4.83. The molecule has 0 saturated carbocycles. The number of amides is 2. The summed E-state index contributed by atoms with van der Waals surface area (Å²) < 4.78 is 37.9. The van der Waals surface area contributed by atoms with E-state index < -0.39 is 36.4 Å². The molecular formula is C11H10BrF3N2O4. The Kier molecular flexibility index (Phi) is 5.55. The number of halogens is 4. The molecule has 0 radical (unpaired) electrons. The Morgan fingerprint density at radius 1 is 1.29 bits per heavy atom. The van der Waals surface area contributed by atoms with Crippen LogP contribution < -0.4 is 10.6 Å². The summed E-state index contributed by atoms with van der Waals surface area (Å²) in [6, 6.07) is 1.86. The number of carboxylic acids is 1. The molecule has 0 spiro atoms. The summed E-state index contributed by atoms with van der Waals surface area (Å²) in [6.07, 6.45) is -6.38. The van der Waals surface area contributed by atoms with Gasteiger partial charge in [0.15, 0.2) is 6.10 Å². The zero-order chi connectivity index (χ0) is 16.2. The van der Waals surface area contributed by atoms with Crippen molar-refractivity contribution in [1.82, 2.24) is 5.32 Å². The Morgan fingerprint density at radius 3 is 2.43 bits per heavy atom. The first-order valence-corrected chi connectivity index (χ1v) is 6.22. The van der Waals surface area contributed by atoms with Crippen molar-refractivity contribution in [3.63, 3.8) is 0 Å². The third-order valence-corrected chi connectivity index (χ3v) is 2.68. The van der Waals surface area contributed by atoms with Crippen molar-refractivity contribution >= 4 is 33.6 Å². The molecule has 0 aromatic heterocycles. The molecule has 0 saturated heterocycles. The fourth-order valence-electron chi connectivity index (χ4n) is 1.28. The van der Waals surface area contributed by atoms with Crippen LogP contribution in [-0.2, 0) is 11.0 Å². The van der Waals surface area contributed by atoms with E-state index in [9.17, 15) is 22.8 Å². The Morgan fingerprint density at radius 2 is 1.90 bits per heavy atom. The molecule has 10 heteroatoms. The molecule has 1 unspecified atom stereocenters. The van der Waals surface area contributed by atoms with Gasteiger partial charge in [-0.3, -0.25) is 0 Å². The average Bonchev–Trinajstić information content (AvgIpc) is 2.33. The van der Waals surface area contributed by atoms with E-state index in [4.69, 9.17) is 10.2 Å². The van der Waals surface area contributed by atoms with E-state index in [0.29, 0.717) is 0 Å². The molecule has 1 rings (SSSR count). The van der Waals surface area contributed by atoms with Gasteiger partial charge in [-0.05, 0) is 18.2 Å². The predicted molar refractivity (Wildman–Crippen MR) is 69.8 cm³/mol. The van der Waals surface area contributed by atoms with Crippen LogP contribution in [0.25, 0.3) is 0 Å². The maximum Gasteiger partial charge on any atom is 0.416 e. The minimum absolute atomic E-state index is 0.109. The lowest BCUT2D eigenvalue weighted by Gasteiger charge is -2.12. The van der Waals surface area contributed by atoms with Crippen LogP contribution in [0.2, 0.25) is 0 Å². The molecule has 1 atom stereocenters. The van der Waals surface area contributed by atoms with Crippen molar-refractivity contribution in [3.05, 3.63) is 28.2 Å². The number of anilines is 1. The molecule has 1 aromatic carbocycles. The van der Waals surface area contributed by atoms with Gasteiger partial charge < -0.3 is 20.8 Å². The average molecular weight is 371 g/mol. The molecule has 0 bridgehead atoms. The molecule has 1 aromatic rings. The first-order valence-electron chi connectivity index (χ1n) is 5.43. The largest absolute Gasteiger partial charge is 0.479 e. The highest BCUT2D eigenvalue weighted by Gasteiger charge is 2.31. The number of benzene rings is 1. The summed E-state index contributed by atoms with van der Waals surface area (Å²) in [4.78, 5) is 21.7. The van der Waals surface area contributed by atoms with Crippen molar-refractivity contribution in [3.8, 4) is 0 Å². The molecule has 0 aliphatic rings. The van der Waals surface area contributed by atoms with Crippen molar-refractivity contribution in [2.24, 2.45) is 0 Å². The lowest BCUT2D eigenvalue weighted by atomic mass is 10.2. The lowest BCUT2D eigenvalue weighted by Crippen LogP contribution is -2.38. The van der Waals surface area contributed by atoms with Crippen LogP contribution in [0.1, 0.15) is 5.56 Å². The fraction of sp³-hybridized carbons (Fsp3) is 0.273. The first kappa shape index (κ1) is 17.2. The van der Waals surface area contributed by atoms with E-state index >= 15 is 0 Å². The molecule has 2 amide bonds. The molecule has 116 valence electrons. The van der Waals surface area contributed by atoms with Gasteiger partial charge >= 0.3 is 18.2 Å². The third-order valence-electron chi connectivity index (χ3n) is 2.22. The minimum Gasteiger partial charge on any atom is -0.479 e. The quantitative estimate of drug-likeness (QED) is 0.651. The summed E-state index contributed by atoms with van der Waals surface area (Å²) in [7, 11) is 0. The highest BCUT2D eigenvalue weighted by molar-refractivity contribution is 9.10.